The third-order valence-corrected chi connectivity index (χ3v) is 4.73. The summed E-state index contributed by atoms with van der Waals surface area (Å²) in [7, 11) is 0. The van der Waals surface area contributed by atoms with Gasteiger partial charge in [0.2, 0.25) is 0 Å². The zero-order chi connectivity index (χ0) is 14.8. The number of aryl methyl sites for hydroxylation is 1. The molecule has 2 unspecified atom stereocenters. The van der Waals surface area contributed by atoms with Gasteiger partial charge in [0.15, 0.2) is 0 Å². The van der Waals surface area contributed by atoms with Gasteiger partial charge in [-0.1, -0.05) is 41.9 Å². The maximum atomic E-state index is 14.0. The standard InChI is InChI=1S/C18H19ClFN/c19-15-9-4-10-16(20)18(15)17(21)11-13-7-3-6-12-5-1-2-8-14(12)13/h1-2,4-5,8-10,13,17H,3,6-7,11,21H2. The molecule has 3 rings (SSSR count). The largest absolute Gasteiger partial charge is 0.324 e. The average molecular weight is 304 g/mol. The third kappa shape index (κ3) is 2.97. The van der Waals surface area contributed by atoms with Crippen LogP contribution in [0.25, 0.3) is 0 Å². The minimum absolute atomic E-state index is 0.306. The van der Waals surface area contributed by atoms with Crippen LogP contribution in [-0.2, 0) is 6.42 Å². The molecule has 2 atom stereocenters. The molecule has 0 saturated heterocycles. The minimum Gasteiger partial charge on any atom is -0.324 e. The van der Waals surface area contributed by atoms with Crippen molar-refractivity contribution in [3.05, 3.63) is 70.0 Å². The summed E-state index contributed by atoms with van der Waals surface area (Å²) in [6.45, 7) is 0. The van der Waals surface area contributed by atoms with Crippen LogP contribution < -0.4 is 5.73 Å². The molecule has 0 aromatic heterocycles. The summed E-state index contributed by atoms with van der Waals surface area (Å²) in [5.74, 6) is 0.0831. The fourth-order valence-corrected chi connectivity index (χ4v) is 3.69. The third-order valence-electron chi connectivity index (χ3n) is 4.40. The van der Waals surface area contributed by atoms with E-state index in [2.05, 4.69) is 24.3 Å². The highest BCUT2D eigenvalue weighted by Crippen LogP contribution is 2.38. The van der Waals surface area contributed by atoms with Crippen LogP contribution in [0.5, 0.6) is 0 Å². The summed E-state index contributed by atoms with van der Waals surface area (Å²) >= 11 is 6.12. The Bertz CT molecular complexity index is 621. The lowest BCUT2D eigenvalue weighted by Gasteiger charge is -2.28. The summed E-state index contributed by atoms with van der Waals surface area (Å²) in [4.78, 5) is 0. The van der Waals surface area contributed by atoms with Crippen molar-refractivity contribution < 1.29 is 4.39 Å². The highest BCUT2D eigenvalue weighted by atomic mass is 35.5. The van der Waals surface area contributed by atoms with E-state index in [-0.39, 0.29) is 11.9 Å². The molecule has 0 amide bonds. The van der Waals surface area contributed by atoms with Gasteiger partial charge in [-0.15, -0.1) is 0 Å². The second-order valence-electron chi connectivity index (χ2n) is 5.77. The topological polar surface area (TPSA) is 26.0 Å². The molecular formula is C18H19ClFN. The van der Waals surface area contributed by atoms with Crippen LogP contribution >= 0.6 is 11.6 Å². The Labute approximate surface area is 129 Å². The predicted octanol–water partition coefficient (Wildman–Crippen LogP) is 4.99. The van der Waals surface area contributed by atoms with Crippen LogP contribution in [0.15, 0.2) is 42.5 Å². The minimum atomic E-state index is -0.366. The fraction of sp³-hybridized carbons (Fsp3) is 0.333. The van der Waals surface area contributed by atoms with Crippen molar-refractivity contribution in [1.29, 1.82) is 0 Å². The van der Waals surface area contributed by atoms with Crippen molar-refractivity contribution in [2.75, 3.05) is 0 Å². The first-order valence-corrected chi connectivity index (χ1v) is 7.82. The van der Waals surface area contributed by atoms with E-state index >= 15 is 0 Å². The lowest BCUT2D eigenvalue weighted by molar-refractivity contribution is 0.465. The number of fused-ring (bicyclic) bond motifs is 1. The molecule has 0 saturated carbocycles. The molecule has 0 spiro atoms. The van der Waals surface area contributed by atoms with Gasteiger partial charge in [0.05, 0.1) is 0 Å². The summed E-state index contributed by atoms with van der Waals surface area (Å²) in [5.41, 5.74) is 9.48. The van der Waals surface area contributed by atoms with E-state index in [0.29, 0.717) is 16.5 Å². The highest BCUT2D eigenvalue weighted by molar-refractivity contribution is 6.31. The van der Waals surface area contributed by atoms with Crippen LogP contribution in [0.2, 0.25) is 5.02 Å². The Morgan fingerprint density at radius 3 is 2.81 bits per heavy atom. The summed E-state index contributed by atoms with van der Waals surface area (Å²) in [6, 6.07) is 12.9. The Balaban J connectivity index is 1.85. The number of benzene rings is 2. The molecule has 0 radical (unpaired) electrons. The van der Waals surface area contributed by atoms with Gasteiger partial charge in [0.1, 0.15) is 5.82 Å². The number of halogens is 2. The van der Waals surface area contributed by atoms with Crippen molar-refractivity contribution >= 4 is 11.6 Å². The molecule has 0 heterocycles. The van der Waals surface area contributed by atoms with E-state index in [1.807, 2.05) is 0 Å². The monoisotopic (exact) mass is 303 g/mol. The molecular weight excluding hydrogens is 285 g/mol. The molecule has 0 aliphatic heterocycles. The molecule has 2 N–H and O–H groups in total. The smallest absolute Gasteiger partial charge is 0.129 e. The highest BCUT2D eigenvalue weighted by Gasteiger charge is 2.24. The maximum Gasteiger partial charge on any atom is 0.129 e. The molecule has 0 fully saturated rings. The van der Waals surface area contributed by atoms with E-state index in [1.165, 1.54) is 23.6 Å². The van der Waals surface area contributed by atoms with Crippen molar-refractivity contribution in [2.24, 2.45) is 5.73 Å². The van der Waals surface area contributed by atoms with Gasteiger partial charge in [-0.3, -0.25) is 0 Å². The van der Waals surface area contributed by atoms with Crippen molar-refractivity contribution in [3.8, 4) is 0 Å². The van der Waals surface area contributed by atoms with E-state index < -0.39 is 0 Å². The summed E-state index contributed by atoms with van der Waals surface area (Å²) in [6.07, 6.45) is 4.14. The quantitative estimate of drug-likeness (QED) is 0.849. The first-order valence-electron chi connectivity index (χ1n) is 7.44. The molecule has 0 bridgehead atoms. The van der Waals surface area contributed by atoms with E-state index in [4.69, 9.17) is 17.3 Å². The SMILES string of the molecule is NC(CC1CCCc2ccccc21)c1c(F)cccc1Cl. The Morgan fingerprint density at radius 2 is 2.00 bits per heavy atom. The van der Waals surface area contributed by atoms with E-state index in [1.54, 1.807) is 12.1 Å². The average Bonchev–Trinajstić information content (AvgIpc) is 2.47. The molecule has 3 heteroatoms. The Hall–Kier alpha value is -1.38. The number of nitrogens with two attached hydrogens (primary N) is 1. The van der Waals surface area contributed by atoms with E-state index in [0.717, 1.165) is 19.3 Å². The van der Waals surface area contributed by atoms with Crippen LogP contribution in [0, 0.1) is 5.82 Å². The van der Waals surface area contributed by atoms with Gasteiger partial charge in [-0.2, -0.15) is 0 Å². The fourth-order valence-electron chi connectivity index (χ4n) is 3.39. The lowest BCUT2D eigenvalue weighted by atomic mass is 9.79. The van der Waals surface area contributed by atoms with Gasteiger partial charge < -0.3 is 5.73 Å². The van der Waals surface area contributed by atoms with Crippen molar-refractivity contribution in [3.63, 3.8) is 0 Å². The first kappa shape index (κ1) is 14.6. The zero-order valence-corrected chi connectivity index (χ0v) is 12.6. The van der Waals surface area contributed by atoms with Gasteiger partial charge in [0, 0.05) is 16.6 Å². The number of hydrogen-bond acceptors (Lipinski definition) is 1. The van der Waals surface area contributed by atoms with Gasteiger partial charge in [-0.25, -0.2) is 4.39 Å². The predicted molar refractivity (Wildman–Crippen MR) is 85.1 cm³/mol. The van der Waals surface area contributed by atoms with Crippen LogP contribution in [-0.4, -0.2) is 0 Å². The van der Waals surface area contributed by atoms with Gasteiger partial charge >= 0.3 is 0 Å². The van der Waals surface area contributed by atoms with Crippen molar-refractivity contribution in [1.82, 2.24) is 0 Å². The lowest BCUT2D eigenvalue weighted by Crippen LogP contribution is -2.19. The van der Waals surface area contributed by atoms with Gasteiger partial charge in [-0.05, 0) is 54.9 Å². The van der Waals surface area contributed by atoms with Crippen LogP contribution in [0.4, 0.5) is 4.39 Å². The molecule has 110 valence electrons. The maximum absolute atomic E-state index is 14.0. The second kappa shape index (κ2) is 6.17. The van der Waals surface area contributed by atoms with E-state index in [9.17, 15) is 4.39 Å². The van der Waals surface area contributed by atoms with Crippen LogP contribution in [0.3, 0.4) is 0 Å². The number of hydrogen-bond donors (Lipinski definition) is 1. The Morgan fingerprint density at radius 1 is 1.19 bits per heavy atom. The second-order valence-corrected chi connectivity index (χ2v) is 6.17. The zero-order valence-electron chi connectivity index (χ0n) is 11.9. The summed E-state index contributed by atoms with van der Waals surface area (Å²) in [5, 5.41) is 0.423. The molecule has 1 aliphatic carbocycles. The molecule has 2 aromatic rings. The van der Waals surface area contributed by atoms with Crippen LogP contribution in [0.1, 0.15) is 47.9 Å². The molecule has 1 nitrogen and oxygen atoms in total. The molecule has 21 heavy (non-hydrogen) atoms. The Kier molecular flexibility index (Phi) is 4.27. The van der Waals surface area contributed by atoms with Crippen molar-refractivity contribution in [2.45, 2.75) is 37.6 Å². The first-order chi connectivity index (χ1) is 10.2. The molecule has 2 aromatic carbocycles. The number of rotatable bonds is 3. The normalized spacial score (nSPS) is 19.1. The summed E-state index contributed by atoms with van der Waals surface area (Å²) < 4.78 is 14.0. The molecule has 1 aliphatic rings. The van der Waals surface area contributed by atoms with Gasteiger partial charge in [0.25, 0.3) is 0 Å².